The average Bonchev–Trinajstić information content (AvgIpc) is 2.74. The number of nitrogens with zero attached hydrogens (tertiary/aromatic N) is 3. The van der Waals surface area contributed by atoms with Crippen molar-refractivity contribution in [3.05, 3.63) is 11.9 Å². The summed E-state index contributed by atoms with van der Waals surface area (Å²) in [6.45, 7) is 7.33. The summed E-state index contributed by atoms with van der Waals surface area (Å²) in [5.74, 6) is 3.09. The van der Waals surface area contributed by atoms with Crippen LogP contribution in [0.3, 0.4) is 0 Å². The minimum atomic E-state index is -0.516. The van der Waals surface area contributed by atoms with E-state index < -0.39 is 11.7 Å². The number of hydrogen-bond donors (Lipinski definition) is 1. The maximum atomic E-state index is 11.7. The second kappa shape index (κ2) is 5.76. The summed E-state index contributed by atoms with van der Waals surface area (Å²) in [5, 5.41) is 11.0. The fourth-order valence-electron chi connectivity index (χ4n) is 2.17. The number of rotatable bonds is 3. The van der Waals surface area contributed by atoms with Crippen LogP contribution in [-0.2, 0) is 4.74 Å². The van der Waals surface area contributed by atoms with E-state index in [-0.39, 0.29) is 6.04 Å². The lowest BCUT2D eigenvalue weighted by molar-refractivity contribution is 0.0507. The molecule has 2 rings (SSSR count). The predicted octanol–water partition coefficient (Wildman–Crippen LogP) is 2.45. The van der Waals surface area contributed by atoms with Gasteiger partial charge in [-0.3, -0.25) is 0 Å². The minimum Gasteiger partial charge on any atom is -0.444 e. The van der Waals surface area contributed by atoms with E-state index >= 15 is 0 Å². The molecule has 1 aliphatic carbocycles. The zero-order chi connectivity index (χ0) is 15.6. The molecule has 0 spiro atoms. The Kier molecular flexibility index (Phi) is 4.21. The molecular formula is C15H22N4O2. The highest BCUT2D eigenvalue weighted by Crippen LogP contribution is 2.36. The molecule has 1 aromatic rings. The van der Waals surface area contributed by atoms with Crippen molar-refractivity contribution in [2.45, 2.75) is 58.2 Å². The summed E-state index contributed by atoms with van der Waals surface area (Å²) < 4.78 is 7.05. The van der Waals surface area contributed by atoms with Crippen LogP contribution in [0, 0.1) is 18.3 Å². The highest BCUT2D eigenvalue weighted by molar-refractivity contribution is 5.68. The van der Waals surface area contributed by atoms with E-state index in [1.807, 2.05) is 38.6 Å². The van der Waals surface area contributed by atoms with Crippen LogP contribution in [0.15, 0.2) is 6.20 Å². The van der Waals surface area contributed by atoms with E-state index in [9.17, 15) is 4.79 Å². The summed E-state index contributed by atoms with van der Waals surface area (Å²) in [7, 11) is 0. The molecule has 1 unspecified atom stereocenters. The van der Waals surface area contributed by atoms with Gasteiger partial charge in [-0.1, -0.05) is 5.21 Å². The number of ether oxygens (including phenoxy) is 1. The number of hydrogen-bond acceptors (Lipinski definition) is 4. The molecule has 1 saturated carbocycles. The maximum absolute atomic E-state index is 11.7. The van der Waals surface area contributed by atoms with Crippen molar-refractivity contribution in [2.24, 2.45) is 5.92 Å². The smallest absolute Gasteiger partial charge is 0.408 e. The number of carbonyl (C=O) groups is 1. The molecule has 6 nitrogen and oxygen atoms in total. The standard InChI is InChI=1S/C15H22N4O2/c1-6-11-7-12(8-11)19-9-13(17-18-19)10(2)16-14(20)21-15(3,4)5/h1,9-12H,7-8H2,2-5H3,(H,16,20). The first-order valence-electron chi connectivity index (χ1n) is 7.16. The monoisotopic (exact) mass is 290 g/mol. The fraction of sp³-hybridized carbons (Fsp3) is 0.667. The van der Waals surface area contributed by atoms with Gasteiger partial charge in [0.2, 0.25) is 0 Å². The molecule has 21 heavy (non-hydrogen) atoms. The van der Waals surface area contributed by atoms with Crippen LogP contribution >= 0.6 is 0 Å². The van der Waals surface area contributed by atoms with E-state index in [0.29, 0.717) is 17.7 Å². The molecule has 0 aliphatic heterocycles. The second-order valence-corrected chi connectivity index (χ2v) is 6.48. The number of carbonyl (C=O) groups excluding carboxylic acids is 1. The number of nitrogens with one attached hydrogen (secondary N) is 1. The molecule has 1 atom stereocenters. The third-order valence-electron chi connectivity index (χ3n) is 3.43. The Morgan fingerprint density at radius 3 is 2.81 bits per heavy atom. The molecule has 114 valence electrons. The Bertz CT molecular complexity index is 547. The lowest BCUT2D eigenvalue weighted by Gasteiger charge is -2.31. The third kappa shape index (κ3) is 3.97. The van der Waals surface area contributed by atoms with Gasteiger partial charge in [-0.15, -0.1) is 17.4 Å². The molecule has 1 amide bonds. The molecular weight excluding hydrogens is 268 g/mol. The largest absolute Gasteiger partial charge is 0.444 e. The molecule has 0 radical (unpaired) electrons. The molecule has 6 heteroatoms. The molecule has 0 aromatic carbocycles. The first-order chi connectivity index (χ1) is 9.78. The van der Waals surface area contributed by atoms with E-state index in [2.05, 4.69) is 21.5 Å². The van der Waals surface area contributed by atoms with Crippen LogP contribution < -0.4 is 5.32 Å². The van der Waals surface area contributed by atoms with Crippen LogP contribution in [0.5, 0.6) is 0 Å². The normalized spacial score (nSPS) is 22.8. The molecule has 1 heterocycles. The Morgan fingerprint density at radius 1 is 1.57 bits per heavy atom. The highest BCUT2D eigenvalue weighted by Gasteiger charge is 2.30. The van der Waals surface area contributed by atoms with Gasteiger partial charge in [-0.05, 0) is 40.5 Å². The summed E-state index contributed by atoms with van der Waals surface area (Å²) >= 11 is 0. The lowest BCUT2D eigenvalue weighted by atomic mass is 9.81. The van der Waals surface area contributed by atoms with Crippen LogP contribution in [0.2, 0.25) is 0 Å². The summed E-state index contributed by atoms with van der Waals surface area (Å²) in [6, 6.07) is 0.0677. The zero-order valence-electron chi connectivity index (χ0n) is 13.0. The van der Waals surface area contributed by atoms with Crippen molar-refractivity contribution in [3.8, 4) is 12.3 Å². The van der Waals surface area contributed by atoms with E-state index in [1.54, 1.807) is 0 Å². The molecule has 1 aromatic heterocycles. The second-order valence-electron chi connectivity index (χ2n) is 6.48. The van der Waals surface area contributed by atoms with Crippen LogP contribution in [0.25, 0.3) is 0 Å². The van der Waals surface area contributed by atoms with E-state index in [0.717, 1.165) is 12.8 Å². The topological polar surface area (TPSA) is 69.0 Å². The number of aromatic nitrogens is 3. The van der Waals surface area contributed by atoms with Gasteiger partial charge in [0.25, 0.3) is 0 Å². The first-order valence-corrected chi connectivity index (χ1v) is 7.16. The summed E-state index contributed by atoms with van der Waals surface area (Å²) in [5.41, 5.74) is 0.197. The maximum Gasteiger partial charge on any atom is 0.408 e. The van der Waals surface area contributed by atoms with Crippen molar-refractivity contribution in [1.82, 2.24) is 20.3 Å². The lowest BCUT2D eigenvalue weighted by Crippen LogP contribution is -2.34. The van der Waals surface area contributed by atoms with Gasteiger partial charge in [-0.25, -0.2) is 9.48 Å². The molecule has 1 N–H and O–H groups in total. The predicted molar refractivity (Wildman–Crippen MR) is 78.4 cm³/mol. The van der Waals surface area contributed by atoms with Crippen molar-refractivity contribution >= 4 is 6.09 Å². The molecule has 1 aliphatic rings. The van der Waals surface area contributed by atoms with Gasteiger partial charge in [0, 0.05) is 5.92 Å². The van der Waals surface area contributed by atoms with Gasteiger partial charge >= 0.3 is 6.09 Å². The number of amides is 1. The van der Waals surface area contributed by atoms with Gasteiger partial charge in [-0.2, -0.15) is 0 Å². The Labute approximate surface area is 125 Å². The Morgan fingerprint density at radius 2 is 2.24 bits per heavy atom. The highest BCUT2D eigenvalue weighted by atomic mass is 16.6. The quantitative estimate of drug-likeness (QED) is 0.868. The van der Waals surface area contributed by atoms with Crippen molar-refractivity contribution in [1.29, 1.82) is 0 Å². The van der Waals surface area contributed by atoms with Crippen molar-refractivity contribution in [2.75, 3.05) is 0 Å². The van der Waals surface area contributed by atoms with Crippen molar-refractivity contribution in [3.63, 3.8) is 0 Å². The van der Waals surface area contributed by atoms with Gasteiger partial charge in [0.1, 0.15) is 11.3 Å². The summed E-state index contributed by atoms with van der Waals surface area (Å²) in [4.78, 5) is 11.7. The third-order valence-corrected chi connectivity index (χ3v) is 3.43. The van der Waals surface area contributed by atoms with E-state index in [1.165, 1.54) is 0 Å². The van der Waals surface area contributed by atoms with Gasteiger partial charge in [0.05, 0.1) is 18.3 Å². The van der Waals surface area contributed by atoms with Gasteiger partial charge < -0.3 is 10.1 Å². The van der Waals surface area contributed by atoms with Crippen LogP contribution in [0.4, 0.5) is 4.79 Å². The number of alkyl carbamates (subject to hydrolysis) is 1. The fourth-order valence-corrected chi connectivity index (χ4v) is 2.17. The van der Waals surface area contributed by atoms with Crippen LogP contribution in [0.1, 0.15) is 58.3 Å². The molecule has 0 saturated heterocycles. The van der Waals surface area contributed by atoms with Crippen molar-refractivity contribution < 1.29 is 9.53 Å². The summed E-state index contributed by atoms with van der Waals surface area (Å²) in [6.07, 6.45) is 8.65. The minimum absolute atomic E-state index is 0.253. The zero-order valence-corrected chi connectivity index (χ0v) is 13.0. The Hall–Kier alpha value is -2.03. The SMILES string of the molecule is C#CC1CC(n2cc(C(C)NC(=O)OC(C)(C)C)nn2)C1. The Balaban J connectivity index is 1.89. The molecule has 0 bridgehead atoms. The first kappa shape index (κ1) is 15.4. The number of terminal acetylenes is 1. The molecule has 1 fully saturated rings. The average molecular weight is 290 g/mol. The van der Waals surface area contributed by atoms with Gasteiger partial charge in [0.15, 0.2) is 0 Å². The van der Waals surface area contributed by atoms with Crippen LogP contribution in [-0.4, -0.2) is 26.7 Å². The van der Waals surface area contributed by atoms with E-state index in [4.69, 9.17) is 11.2 Å².